The lowest BCUT2D eigenvalue weighted by Crippen LogP contribution is -2.54. The highest BCUT2D eigenvalue weighted by atomic mass is 16.5. The van der Waals surface area contributed by atoms with Gasteiger partial charge in [-0.15, -0.1) is 0 Å². The molecule has 0 spiro atoms. The van der Waals surface area contributed by atoms with Crippen molar-refractivity contribution < 1.29 is 9.53 Å². The van der Waals surface area contributed by atoms with Crippen LogP contribution in [0.25, 0.3) is 0 Å². The van der Waals surface area contributed by atoms with Gasteiger partial charge in [0.2, 0.25) is 5.91 Å². The molecule has 2 N–H and O–H groups in total. The van der Waals surface area contributed by atoms with Crippen molar-refractivity contribution in [3.05, 3.63) is 0 Å². The van der Waals surface area contributed by atoms with Gasteiger partial charge < -0.3 is 15.4 Å². The van der Waals surface area contributed by atoms with Crippen molar-refractivity contribution in [2.75, 3.05) is 39.8 Å². The van der Waals surface area contributed by atoms with Gasteiger partial charge in [0.25, 0.3) is 0 Å². The van der Waals surface area contributed by atoms with Crippen molar-refractivity contribution in [3.63, 3.8) is 0 Å². The predicted octanol–water partition coefficient (Wildman–Crippen LogP) is -0.0389. The van der Waals surface area contributed by atoms with Gasteiger partial charge in [-0.3, -0.25) is 9.69 Å². The van der Waals surface area contributed by atoms with E-state index in [1.807, 2.05) is 20.9 Å². The van der Waals surface area contributed by atoms with Crippen LogP contribution in [-0.2, 0) is 9.53 Å². The third-order valence-electron chi connectivity index (χ3n) is 3.81. The summed E-state index contributed by atoms with van der Waals surface area (Å²) >= 11 is 0. The molecular weight excluding hydrogens is 256 g/mol. The van der Waals surface area contributed by atoms with Crippen LogP contribution >= 0.6 is 0 Å². The number of likely N-dealkylation sites (N-methyl/N-ethyl adjacent to an activating group) is 1. The molecule has 0 radical (unpaired) electrons. The van der Waals surface area contributed by atoms with E-state index in [1.165, 1.54) is 0 Å². The molecule has 2 atom stereocenters. The van der Waals surface area contributed by atoms with Crippen LogP contribution in [0.4, 0.5) is 0 Å². The van der Waals surface area contributed by atoms with Gasteiger partial charge in [0.1, 0.15) is 5.54 Å². The first-order chi connectivity index (χ1) is 9.41. The molecule has 6 heteroatoms. The van der Waals surface area contributed by atoms with Crippen LogP contribution in [0.15, 0.2) is 0 Å². The molecule has 0 saturated carbocycles. The lowest BCUT2D eigenvalue weighted by Gasteiger charge is -2.34. The van der Waals surface area contributed by atoms with Crippen molar-refractivity contribution in [1.82, 2.24) is 15.5 Å². The largest absolute Gasteiger partial charge is 0.374 e. The van der Waals surface area contributed by atoms with Crippen LogP contribution in [0.1, 0.15) is 20.8 Å². The Hall–Kier alpha value is -1.16. The Morgan fingerprint density at radius 3 is 2.85 bits per heavy atom. The molecule has 0 aromatic carbocycles. The summed E-state index contributed by atoms with van der Waals surface area (Å²) in [6.07, 6.45) is 0.119. The predicted molar refractivity (Wildman–Crippen MR) is 77.1 cm³/mol. The summed E-state index contributed by atoms with van der Waals surface area (Å²) in [7, 11) is 1.88. The van der Waals surface area contributed by atoms with Gasteiger partial charge in [0.15, 0.2) is 0 Å². The summed E-state index contributed by atoms with van der Waals surface area (Å²) in [5.41, 5.74) is -0.812. The molecule has 1 heterocycles. The van der Waals surface area contributed by atoms with Gasteiger partial charge in [-0.2, -0.15) is 5.26 Å². The fourth-order valence-corrected chi connectivity index (χ4v) is 2.11. The van der Waals surface area contributed by atoms with Gasteiger partial charge in [-0.25, -0.2) is 0 Å². The zero-order valence-electron chi connectivity index (χ0n) is 12.9. The average molecular weight is 282 g/mol. The van der Waals surface area contributed by atoms with Gasteiger partial charge in [0, 0.05) is 19.6 Å². The van der Waals surface area contributed by atoms with E-state index in [9.17, 15) is 10.1 Å². The van der Waals surface area contributed by atoms with Gasteiger partial charge in [-0.05, 0) is 19.9 Å². The number of nitrogens with zero attached hydrogens (tertiary/aromatic N) is 2. The number of nitriles is 1. The third kappa shape index (κ3) is 4.75. The molecule has 1 rings (SSSR count). The Balaban J connectivity index is 2.48. The maximum absolute atomic E-state index is 12.1. The Morgan fingerprint density at radius 1 is 1.60 bits per heavy atom. The average Bonchev–Trinajstić information content (AvgIpc) is 2.39. The number of carbonyl (C=O) groups is 1. The summed E-state index contributed by atoms with van der Waals surface area (Å²) in [5.74, 6) is -0.0361. The number of amides is 1. The molecule has 1 fully saturated rings. The second-order valence-electron chi connectivity index (χ2n) is 5.80. The van der Waals surface area contributed by atoms with Crippen molar-refractivity contribution in [2.24, 2.45) is 5.92 Å². The van der Waals surface area contributed by atoms with E-state index in [1.54, 1.807) is 6.92 Å². The van der Waals surface area contributed by atoms with Gasteiger partial charge in [0.05, 0.1) is 25.3 Å². The lowest BCUT2D eigenvalue weighted by atomic mass is 9.90. The second-order valence-corrected chi connectivity index (χ2v) is 5.80. The molecule has 0 aromatic heterocycles. The van der Waals surface area contributed by atoms with E-state index < -0.39 is 5.54 Å². The van der Waals surface area contributed by atoms with E-state index in [0.29, 0.717) is 13.2 Å². The Bertz CT molecular complexity index is 365. The minimum Gasteiger partial charge on any atom is -0.374 e. The first-order valence-corrected chi connectivity index (χ1v) is 7.12. The third-order valence-corrected chi connectivity index (χ3v) is 3.81. The molecule has 1 aliphatic heterocycles. The van der Waals surface area contributed by atoms with Gasteiger partial charge in [-0.1, -0.05) is 13.8 Å². The molecule has 1 amide bonds. The number of morpholine rings is 1. The van der Waals surface area contributed by atoms with Crippen LogP contribution in [0, 0.1) is 17.2 Å². The minimum absolute atomic E-state index is 0.0678. The fourth-order valence-electron chi connectivity index (χ4n) is 2.11. The highest BCUT2D eigenvalue weighted by Gasteiger charge is 2.31. The maximum Gasteiger partial charge on any atom is 0.235 e. The quantitative estimate of drug-likeness (QED) is 0.715. The smallest absolute Gasteiger partial charge is 0.235 e. The highest BCUT2D eigenvalue weighted by molar-refractivity contribution is 5.79. The number of rotatable bonds is 6. The number of nitrogens with one attached hydrogen (secondary N) is 2. The van der Waals surface area contributed by atoms with E-state index in [-0.39, 0.29) is 17.9 Å². The highest BCUT2D eigenvalue weighted by Crippen LogP contribution is 2.15. The minimum atomic E-state index is -0.812. The molecule has 1 aliphatic rings. The monoisotopic (exact) mass is 282 g/mol. The van der Waals surface area contributed by atoms with Crippen LogP contribution in [0.3, 0.4) is 0 Å². The summed E-state index contributed by atoms with van der Waals surface area (Å²) < 4.78 is 5.60. The van der Waals surface area contributed by atoms with E-state index in [4.69, 9.17) is 4.74 Å². The lowest BCUT2D eigenvalue weighted by molar-refractivity contribution is -0.125. The molecule has 0 aliphatic carbocycles. The normalized spacial score (nSPS) is 23.1. The zero-order chi connectivity index (χ0) is 15.2. The van der Waals surface area contributed by atoms with Crippen molar-refractivity contribution in [1.29, 1.82) is 5.26 Å². The van der Waals surface area contributed by atoms with Crippen molar-refractivity contribution in [3.8, 4) is 6.07 Å². The standard InChI is InChI=1S/C14H26N4O2/c1-11(2)14(3,10-15)17-13(19)9-18-5-6-20-12(8-18)7-16-4/h11-12,16H,5-9H2,1-4H3,(H,17,19). The number of hydrogen-bond acceptors (Lipinski definition) is 5. The number of hydrogen-bond donors (Lipinski definition) is 2. The summed E-state index contributed by atoms with van der Waals surface area (Å²) in [6, 6.07) is 2.19. The molecule has 20 heavy (non-hydrogen) atoms. The van der Waals surface area contributed by atoms with E-state index in [2.05, 4.69) is 21.6 Å². The SMILES string of the molecule is CNCC1CN(CC(=O)NC(C)(C#N)C(C)C)CCO1. The number of ether oxygens (including phenoxy) is 1. The van der Waals surface area contributed by atoms with Crippen LogP contribution in [0.2, 0.25) is 0 Å². The van der Waals surface area contributed by atoms with E-state index in [0.717, 1.165) is 19.6 Å². The Labute approximate surface area is 121 Å². The molecular formula is C14H26N4O2. The molecule has 114 valence electrons. The molecule has 6 nitrogen and oxygen atoms in total. The first-order valence-electron chi connectivity index (χ1n) is 7.12. The Kier molecular flexibility index (Phi) is 6.40. The molecule has 0 bridgehead atoms. The maximum atomic E-state index is 12.1. The Morgan fingerprint density at radius 2 is 2.30 bits per heavy atom. The summed E-state index contributed by atoms with van der Waals surface area (Å²) in [5, 5.41) is 15.1. The van der Waals surface area contributed by atoms with Crippen LogP contribution < -0.4 is 10.6 Å². The van der Waals surface area contributed by atoms with E-state index >= 15 is 0 Å². The second kappa shape index (κ2) is 7.58. The fraction of sp³-hybridized carbons (Fsp3) is 0.857. The van der Waals surface area contributed by atoms with Crippen LogP contribution in [0.5, 0.6) is 0 Å². The van der Waals surface area contributed by atoms with Crippen LogP contribution in [-0.4, -0.2) is 62.3 Å². The zero-order valence-corrected chi connectivity index (χ0v) is 12.9. The van der Waals surface area contributed by atoms with Gasteiger partial charge >= 0.3 is 0 Å². The summed E-state index contributed by atoms with van der Waals surface area (Å²) in [4.78, 5) is 14.2. The van der Waals surface area contributed by atoms with Crippen molar-refractivity contribution in [2.45, 2.75) is 32.4 Å². The first kappa shape index (κ1) is 16.9. The molecule has 1 saturated heterocycles. The topological polar surface area (TPSA) is 77.4 Å². The summed E-state index contributed by atoms with van der Waals surface area (Å²) in [6.45, 7) is 8.84. The molecule has 2 unspecified atom stereocenters. The molecule has 0 aromatic rings. The number of carbonyl (C=O) groups excluding carboxylic acids is 1. The van der Waals surface area contributed by atoms with Crippen molar-refractivity contribution >= 4 is 5.91 Å².